The lowest BCUT2D eigenvalue weighted by Crippen LogP contribution is -2.33. The zero-order valence-corrected chi connectivity index (χ0v) is 11.3. The third-order valence-electron chi connectivity index (χ3n) is 3.14. The van der Waals surface area contributed by atoms with Gasteiger partial charge in [0.25, 0.3) is 5.91 Å². The maximum atomic E-state index is 12.2. The van der Waals surface area contributed by atoms with Gasteiger partial charge in [-0.1, -0.05) is 36.4 Å². The van der Waals surface area contributed by atoms with Gasteiger partial charge in [0.15, 0.2) is 0 Å². The number of nitrogens with one attached hydrogen (secondary N) is 1. The Hall–Kier alpha value is -2.33. The Morgan fingerprint density at radius 3 is 2.55 bits per heavy atom. The predicted molar refractivity (Wildman–Crippen MR) is 78.5 cm³/mol. The lowest BCUT2D eigenvalue weighted by atomic mass is 10.1. The summed E-state index contributed by atoms with van der Waals surface area (Å²) in [4.78, 5) is 12.2. The van der Waals surface area contributed by atoms with Crippen molar-refractivity contribution in [3.8, 4) is 5.75 Å². The zero-order chi connectivity index (χ0) is 14.5. The monoisotopic (exact) mass is 270 g/mol. The highest BCUT2D eigenvalue weighted by molar-refractivity contribution is 5.97. The van der Waals surface area contributed by atoms with Crippen LogP contribution >= 0.6 is 0 Å². The summed E-state index contributed by atoms with van der Waals surface area (Å²) in [5, 5.41) is 12.7. The molecule has 4 heteroatoms. The number of amides is 1. The van der Waals surface area contributed by atoms with Crippen LogP contribution in [0.4, 0.5) is 0 Å². The van der Waals surface area contributed by atoms with E-state index in [2.05, 4.69) is 5.32 Å². The van der Waals surface area contributed by atoms with Crippen molar-refractivity contribution in [3.05, 3.63) is 65.2 Å². The number of nitrogens with two attached hydrogens (primary N) is 1. The van der Waals surface area contributed by atoms with Crippen molar-refractivity contribution in [2.24, 2.45) is 5.73 Å². The number of benzene rings is 2. The minimum absolute atomic E-state index is 0.0219. The van der Waals surface area contributed by atoms with E-state index in [1.165, 1.54) is 0 Å². The average molecular weight is 270 g/mol. The van der Waals surface area contributed by atoms with Crippen LogP contribution in [0, 0.1) is 6.92 Å². The van der Waals surface area contributed by atoms with E-state index in [0.29, 0.717) is 6.54 Å². The van der Waals surface area contributed by atoms with Gasteiger partial charge in [-0.05, 0) is 30.2 Å². The lowest BCUT2D eigenvalue weighted by Gasteiger charge is -2.17. The highest BCUT2D eigenvalue weighted by atomic mass is 16.3. The number of carbonyl (C=O) groups is 1. The van der Waals surface area contributed by atoms with E-state index in [1.54, 1.807) is 18.2 Å². The minimum Gasteiger partial charge on any atom is -0.507 e. The molecule has 0 aliphatic carbocycles. The normalized spacial score (nSPS) is 11.9. The summed E-state index contributed by atoms with van der Waals surface area (Å²) in [6, 6.07) is 14.2. The molecule has 4 N–H and O–H groups in total. The number of hydrogen-bond donors (Lipinski definition) is 3. The molecule has 1 unspecified atom stereocenters. The van der Waals surface area contributed by atoms with Crippen LogP contribution in [0.3, 0.4) is 0 Å². The number of hydrogen-bond acceptors (Lipinski definition) is 3. The molecule has 1 atom stereocenters. The number of phenols is 1. The van der Waals surface area contributed by atoms with Crippen molar-refractivity contribution < 1.29 is 9.90 Å². The molecule has 2 rings (SSSR count). The second-order valence-electron chi connectivity index (χ2n) is 4.69. The van der Waals surface area contributed by atoms with Gasteiger partial charge in [0.05, 0.1) is 11.6 Å². The molecule has 0 aliphatic heterocycles. The molecule has 104 valence electrons. The molecule has 0 saturated carbocycles. The van der Waals surface area contributed by atoms with Crippen LogP contribution < -0.4 is 11.1 Å². The van der Waals surface area contributed by atoms with Gasteiger partial charge in [-0.3, -0.25) is 4.79 Å². The average Bonchev–Trinajstić information content (AvgIpc) is 2.45. The van der Waals surface area contributed by atoms with E-state index in [1.807, 2.05) is 37.3 Å². The van der Waals surface area contributed by atoms with Crippen LogP contribution in [0.15, 0.2) is 48.5 Å². The molecular weight excluding hydrogens is 252 g/mol. The van der Waals surface area contributed by atoms with Gasteiger partial charge >= 0.3 is 0 Å². The van der Waals surface area contributed by atoms with Crippen LogP contribution in [0.2, 0.25) is 0 Å². The fourth-order valence-electron chi connectivity index (χ4n) is 2.03. The van der Waals surface area contributed by atoms with E-state index < -0.39 is 0 Å². The number of aryl methyl sites for hydroxylation is 1. The summed E-state index contributed by atoms with van der Waals surface area (Å²) in [5.41, 5.74) is 7.81. The van der Waals surface area contributed by atoms with Gasteiger partial charge in [0, 0.05) is 6.54 Å². The Kier molecular flexibility index (Phi) is 4.38. The second kappa shape index (κ2) is 6.21. The SMILES string of the molecule is Cc1ccc(C(=O)NC(CN)c2ccccc2)c(O)c1. The van der Waals surface area contributed by atoms with E-state index in [-0.39, 0.29) is 23.3 Å². The van der Waals surface area contributed by atoms with Gasteiger partial charge in [-0.25, -0.2) is 0 Å². The zero-order valence-electron chi connectivity index (χ0n) is 11.3. The highest BCUT2D eigenvalue weighted by Crippen LogP contribution is 2.20. The van der Waals surface area contributed by atoms with E-state index in [0.717, 1.165) is 11.1 Å². The first-order valence-corrected chi connectivity index (χ1v) is 6.47. The van der Waals surface area contributed by atoms with Crippen molar-refractivity contribution in [1.82, 2.24) is 5.32 Å². The molecule has 0 aromatic heterocycles. The molecule has 2 aromatic carbocycles. The van der Waals surface area contributed by atoms with E-state index in [9.17, 15) is 9.90 Å². The van der Waals surface area contributed by atoms with Gasteiger partial charge in [-0.15, -0.1) is 0 Å². The predicted octanol–water partition coefficient (Wildman–Crippen LogP) is 2.13. The number of carbonyl (C=O) groups excluding carboxylic acids is 1. The van der Waals surface area contributed by atoms with E-state index in [4.69, 9.17) is 5.73 Å². The smallest absolute Gasteiger partial charge is 0.255 e. The van der Waals surface area contributed by atoms with Crippen LogP contribution in [0.1, 0.15) is 27.5 Å². The quantitative estimate of drug-likeness (QED) is 0.796. The second-order valence-corrected chi connectivity index (χ2v) is 4.69. The molecule has 0 bridgehead atoms. The van der Waals surface area contributed by atoms with Crippen LogP contribution in [-0.4, -0.2) is 17.6 Å². The molecule has 4 nitrogen and oxygen atoms in total. The lowest BCUT2D eigenvalue weighted by molar-refractivity contribution is 0.0935. The first-order valence-electron chi connectivity index (χ1n) is 6.47. The Balaban J connectivity index is 2.17. The summed E-state index contributed by atoms with van der Waals surface area (Å²) in [5.74, 6) is -0.354. The third kappa shape index (κ3) is 3.16. The molecule has 0 saturated heterocycles. The first kappa shape index (κ1) is 14.1. The van der Waals surface area contributed by atoms with Crippen LogP contribution in [0.5, 0.6) is 5.75 Å². The summed E-state index contributed by atoms with van der Waals surface area (Å²) < 4.78 is 0. The van der Waals surface area contributed by atoms with Crippen LogP contribution in [-0.2, 0) is 0 Å². The Morgan fingerprint density at radius 2 is 1.95 bits per heavy atom. The molecule has 0 fully saturated rings. The topological polar surface area (TPSA) is 75.4 Å². The minimum atomic E-state index is -0.332. The Morgan fingerprint density at radius 1 is 1.25 bits per heavy atom. The number of rotatable bonds is 4. The largest absolute Gasteiger partial charge is 0.507 e. The highest BCUT2D eigenvalue weighted by Gasteiger charge is 2.16. The van der Waals surface area contributed by atoms with Gasteiger partial charge in [-0.2, -0.15) is 0 Å². The van der Waals surface area contributed by atoms with Crippen molar-refractivity contribution in [3.63, 3.8) is 0 Å². The Bertz CT molecular complexity index is 597. The molecule has 2 aromatic rings. The van der Waals surface area contributed by atoms with Gasteiger partial charge in [0.1, 0.15) is 5.75 Å². The molecule has 0 radical (unpaired) electrons. The van der Waals surface area contributed by atoms with Gasteiger partial charge in [0.2, 0.25) is 0 Å². The number of aromatic hydroxyl groups is 1. The van der Waals surface area contributed by atoms with Crippen molar-refractivity contribution >= 4 is 5.91 Å². The fourth-order valence-corrected chi connectivity index (χ4v) is 2.03. The molecule has 1 amide bonds. The summed E-state index contributed by atoms with van der Waals surface area (Å²) >= 11 is 0. The summed E-state index contributed by atoms with van der Waals surface area (Å²) in [6.45, 7) is 2.15. The molecule has 0 heterocycles. The maximum absolute atomic E-state index is 12.2. The fraction of sp³-hybridized carbons (Fsp3) is 0.188. The summed E-state index contributed by atoms with van der Waals surface area (Å²) in [6.07, 6.45) is 0. The van der Waals surface area contributed by atoms with Crippen molar-refractivity contribution in [1.29, 1.82) is 0 Å². The Labute approximate surface area is 118 Å². The summed E-state index contributed by atoms with van der Waals surface area (Å²) in [7, 11) is 0. The van der Waals surface area contributed by atoms with E-state index >= 15 is 0 Å². The number of phenolic OH excluding ortho intramolecular Hbond substituents is 1. The van der Waals surface area contributed by atoms with Gasteiger partial charge < -0.3 is 16.2 Å². The molecule has 0 aliphatic rings. The van der Waals surface area contributed by atoms with Crippen molar-refractivity contribution in [2.45, 2.75) is 13.0 Å². The molecule has 0 spiro atoms. The maximum Gasteiger partial charge on any atom is 0.255 e. The third-order valence-corrected chi connectivity index (χ3v) is 3.14. The standard InChI is InChI=1S/C16H18N2O2/c1-11-7-8-13(15(19)9-11)16(20)18-14(10-17)12-5-3-2-4-6-12/h2-9,14,19H,10,17H2,1H3,(H,18,20). The van der Waals surface area contributed by atoms with Crippen LogP contribution in [0.25, 0.3) is 0 Å². The molecular formula is C16H18N2O2. The first-order chi connectivity index (χ1) is 9.61. The van der Waals surface area contributed by atoms with Crippen molar-refractivity contribution in [2.75, 3.05) is 6.54 Å². The molecule has 20 heavy (non-hydrogen) atoms.